The summed E-state index contributed by atoms with van der Waals surface area (Å²) in [5, 5.41) is 2.49. The molecule has 0 aliphatic heterocycles. The van der Waals surface area contributed by atoms with Crippen LogP contribution in [0.25, 0.3) is 21.8 Å². The van der Waals surface area contributed by atoms with Crippen molar-refractivity contribution in [2.24, 2.45) is 0 Å². The molecule has 3 aromatic rings. The number of pyridine rings is 2. The maximum atomic E-state index is 4.65. The van der Waals surface area contributed by atoms with Crippen LogP contribution < -0.4 is 0 Å². The van der Waals surface area contributed by atoms with E-state index in [0.29, 0.717) is 0 Å². The predicted molar refractivity (Wildman–Crippen MR) is 122 cm³/mol. The summed E-state index contributed by atoms with van der Waals surface area (Å²) in [5.41, 5.74) is 4.79. The van der Waals surface area contributed by atoms with E-state index in [1.807, 2.05) is 12.4 Å². The summed E-state index contributed by atoms with van der Waals surface area (Å²) in [6, 6.07) is 8.72. The summed E-state index contributed by atoms with van der Waals surface area (Å²) in [6.07, 6.45) is 20.3. The van der Waals surface area contributed by atoms with E-state index in [1.54, 1.807) is 0 Å². The quantitative estimate of drug-likeness (QED) is 0.237. The van der Waals surface area contributed by atoms with E-state index in [2.05, 4.69) is 48.1 Å². The van der Waals surface area contributed by atoms with Crippen molar-refractivity contribution >= 4 is 21.8 Å². The van der Waals surface area contributed by atoms with E-state index in [0.717, 1.165) is 17.5 Å². The fourth-order valence-electron chi connectivity index (χ4n) is 4.22. The smallest absolute Gasteiger partial charge is 0.0967 e. The topological polar surface area (TPSA) is 25.8 Å². The van der Waals surface area contributed by atoms with Gasteiger partial charge in [0.05, 0.1) is 11.0 Å². The Hall–Kier alpha value is -1.96. The van der Waals surface area contributed by atoms with E-state index < -0.39 is 0 Å². The van der Waals surface area contributed by atoms with Gasteiger partial charge in [0, 0.05) is 23.2 Å². The molecule has 0 unspecified atom stereocenters. The van der Waals surface area contributed by atoms with Gasteiger partial charge in [-0.1, -0.05) is 83.3 Å². The van der Waals surface area contributed by atoms with Gasteiger partial charge in [-0.05, 0) is 43.0 Å². The lowest BCUT2D eigenvalue weighted by Crippen LogP contribution is -1.93. The van der Waals surface area contributed by atoms with Crippen molar-refractivity contribution in [2.75, 3.05) is 0 Å². The highest BCUT2D eigenvalue weighted by Gasteiger charge is 2.08. The van der Waals surface area contributed by atoms with Crippen LogP contribution in [0.5, 0.6) is 0 Å². The Morgan fingerprint density at radius 2 is 1.14 bits per heavy atom. The van der Waals surface area contributed by atoms with Crippen molar-refractivity contribution in [3.05, 3.63) is 47.8 Å². The third-order valence-electron chi connectivity index (χ3n) is 5.98. The van der Waals surface area contributed by atoms with Crippen LogP contribution in [0.2, 0.25) is 0 Å². The minimum atomic E-state index is 1.04. The number of aryl methyl sites for hydroxylation is 2. The number of hydrogen-bond acceptors (Lipinski definition) is 2. The van der Waals surface area contributed by atoms with Crippen LogP contribution in [-0.2, 0) is 6.42 Å². The standard InChI is InChI=1S/C26H36N2/c1-3-4-5-6-7-8-9-10-11-12-13-14-22-18-20-28-26-24(22)16-15-23-21(2)17-19-27-25(23)26/h15-20H,3-14H2,1-2H3. The summed E-state index contributed by atoms with van der Waals surface area (Å²) >= 11 is 0. The molecule has 150 valence electrons. The normalized spacial score (nSPS) is 11.5. The van der Waals surface area contributed by atoms with E-state index in [4.69, 9.17) is 0 Å². The molecule has 0 bridgehead atoms. The lowest BCUT2D eigenvalue weighted by Gasteiger charge is -2.09. The molecule has 2 nitrogen and oxygen atoms in total. The summed E-state index contributed by atoms with van der Waals surface area (Å²) in [7, 11) is 0. The Kier molecular flexibility index (Phi) is 8.26. The summed E-state index contributed by atoms with van der Waals surface area (Å²) in [5.74, 6) is 0. The molecule has 1 aromatic carbocycles. The van der Waals surface area contributed by atoms with Crippen molar-refractivity contribution in [2.45, 2.75) is 90.9 Å². The molecule has 2 heterocycles. The van der Waals surface area contributed by atoms with Gasteiger partial charge in [-0.2, -0.15) is 0 Å². The monoisotopic (exact) mass is 376 g/mol. The first kappa shape index (κ1) is 20.8. The largest absolute Gasteiger partial charge is 0.254 e. The molecule has 28 heavy (non-hydrogen) atoms. The molecule has 0 fully saturated rings. The molecule has 3 rings (SSSR count). The molecule has 0 atom stereocenters. The molecule has 0 amide bonds. The molecule has 0 aliphatic rings. The molecule has 0 aliphatic carbocycles. The van der Waals surface area contributed by atoms with Gasteiger partial charge < -0.3 is 0 Å². The van der Waals surface area contributed by atoms with E-state index >= 15 is 0 Å². The highest BCUT2D eigenvalue weighted by atomic mass is 14.7. The van der Waals surface area contributed by atoms with Gasteiger partial charge in [-0.15, -0.1) is 0 Å². The average molecular weight is 377 g/mol. The lowest BCUT2D eigenvalue weighted by molar-refractivity contribution is 0.550. The van der Waals surface area contributed by atoms with Gasteiger partial charge in [0.25, 0.3) is 0 Å². The fourth-order valence-corrected chi connectivity index (χ4v) is 4.22. The van der Waals surface area contributed by atoms with Gasteiger partial charge >= 0.3 is 0 Å². The SMILES string of the molecule is CCCCCCCCCCCCCc1ccnc2c1ccc1c(C)ccnc12. The molecule has 0 N–H and O–H groups in total. The zero-order valence-corrected chi connectivity index (χ0v) is 17.8. The predicted octanol–water partition coefficient (Wildman–Crippen LogP) is 7.94. The first-order valence-electron chi connectivity index (χ1n) is 11.4. The van der Waals surface area contributed by atoms with Crippen LogP contribution in [0.15, 0.2) is 36.7 Å². The second kappa shape index (κ2) is 11.1. The first-order chi connectivity index (χ1) is 13.8. The second-order valence-corrected chi connectivity index (χ2v) is 8.24. The maximum Gasteiger partial charge on any atom is 0.0967 e. The Bertz CT molecular complexity index is 869. The van der Waals surface area contributed by atoms with E-state index in [-0.39, 0.29) is 0 Å². The molecular formula is C26H36N2. The van der Waals surface area contributed by atoms with Crippen LogP contribution in [0.3, 0.4) is 0 Å². The molecule has 0 radical (unpaired) electrons. The third-order valence-corrected chi connectivity index (χ3v) is 5.98. The van der Waals surface area contributed by atoms with E-state index in [1.165, 1.54) is 92.5 Å². The van der Waals surface area contributed by atoms with Crippen molar-refractivity contribution < 1.29 is 0 Å². The second-order valence-electron chi connectivity index (χ2n) is 8.24. The van der Waals surface area contributed by atoms with Gasteiger partial charge in [-0.3, -0.25) is 9.97 Å². The highest BCUT2D eigenvalue weighted by molar-refractivity contribution is 6.04. The number of aromatic nitrogens is 2. The number of benzene rings is 1. The number of nitrogens with zero attached hydrogens (tertiary/aromatic N) is 2. The fraction of sp³-hybridized carbons (Fsp3) is 0.538. The van der Waals surface area contributed by atoms with Gasteiger partial charge in [0.1, 0.15) is 0 Å². The van der Waals surface area contributed by atoms with Crippen molar-refractivity contribution in [1.82, 2.24) is 9.97 Å². The number of hydrogen-bond donors (Lipinski definition) is 0. The Labute approximate surface area is 170 Å². The Morgan fingerprint density at radius 3 is 1.82 bits per heavy atom. The average Bonchev–Trinajstić information content (AvgIpc) is 2.72. The number of rotatable bonds is 12. The van der Waals surface area contributed by atoms with Gasteiger partial charge in [0.15, 0.2) is 0 Å². The van der Waals surface area contributed by atoms with Crippen LogP contribution >= 0.6 is 0 Å². The van der Waals surface area contributed by atoms with Gasteiger partial charge in [-0.25, -0.2) is 0 Å². The minimum Gasteiger partial charge on any atom is -0.254 e. The van der Waals surface area contributed by atoms with Crippen molar-refractivity contribution in [3.8, 4) is 0 Å². The Balaban J connectivity index is 1.45. The molecule has 2 aromatic heterocycles. The summed E-state index contributed by atoms with van der Waals surface area (Å²) in [4.78, 5) is 9.26. The van der Waals surface area contributed by atoms with Crippen LogP contribution in [0, 0.1) is 6.92 Å². The zero-order chi connectivity index (χ0) is 19.6. The van der Waals surface area contributed by atoms with Crippen LogP contribution in [0.1, 0.15) is 88.7 Å². The van der Waals surface area contributed by atoms with Crippen molar-refractivity contribution in [1.29, 1.82) is 0 Å². The molecule has 2 heteroatoms. The van der Waals surface area contributed by atoms with Gasteiger partial charge in [0.2, 0.25) is 0 Å². The number of fused-ring (bicyclic) bond motifs is 3. The molecule has 0 saturated carbocycles. The van der Waals surface area contributed by atoms with E-state index in [9.17, 15) is 0 Å². The molecule has 0 saturated heterocycles. The maximum absolute atomic E-state index is 4.65. The van der Waals surface area contributed by atoms with Crippen LogP contribution in [-0.4, -0.2) is 9.97 Å². The summed E-state index contributed by atoms with van der Waals surface area (Å²) < 4.78 is 0. The number of unbranched alkanes of at least 4 members (excludes halogenated alkanes) is 10. The minimum absolute atomic E-state index is 1.04. The first-order valence-corrected chi connectivity index (χ1v) is 11.4. The Morgan fingerprint density at radius 1 is 0.607 bits per heavy atom. The van der Waals surface area contributed by atoms with Crippen molar-refractivity contribution in [3.63, 3.8) is 0 Å². The van der Waals surface area contributed by atoms with Crippen LogP contribution in [0.4, 0.5) is 0 Å². The molecular weight excluding hydrogens is 340 g/mol. The third kappa shape index (κ3) is 5.53. The summed E-state index contributed by atoms with van der Waals surface area (Å²) in [6.45, 7) is 4.43. The highest BCUT2D eigenvalue weighted by Crippen LogP contribution is 2.27. The molecule has 0 spiro atoms. The zero-order valence-electron chi connectivity index (χ0n) is 17.8. The lowest BCUT2D eigenvalue weighted by atomic mass is 9.99.